The van der Waals surface area contributed by atoms with Gasteiger partial charge in [0.05, 0.1) is 11.9 Å². The Morgan fingerprint density at radius 2 is 2.04 bits per heavy atom. The fourth-order valence-corrected chi connectivity index (χ4v) is 3.59. The van der Waals surface area contributed by atoms with Crippen molar-refractivity contribution >= 4 is 22.8 Å². The lowest BCUT2D eigenvalue weighted by atomic mass is 10.3. The molecule has 0 atom stereocenters. The van der Waals surface area contributed by atoms with Gasteiger partial charge in [0.2, 0.25) is 0 Å². The van der Waals surface area contributed by atoms with Gasteiger partial charge in [0.25, 0.3) is 5.56 Å². The summed E-state index contributed by atoms with van der Waals surface area (Å²) < 4.78 is 3.45. The molecule has 4 aromatic rings. The Bertz CT molecular complexity index is 1130. The van der Waals surface area contributed by atoms with E-state index in [1.165, 1.54) is 18.0 Å². The number of benzene rings is 1. The Kier molecular flexibility index (Phi) is 4.73. The fraction of sp³-hybridized carbons (Fsp3) is 0.235. The summed E-state index contributed by atoms with van der Waals surface area (Å²) in [4.78, 5) is 19.8. The predicted octanol–water partition coefficient (Wildman–Crippen LogP) is 1.75. The summed E-state index contributed by atoms with van der Waals surface area (Å²) in [6.07, 6.45) is 2.37. The van der Waals surface area contributed by atoms with Crippen LogP contribution >= 0.6 is 11.8 Å². The van der Waals surface area contributed by atoms with Gasteiger partial charge in [-0.25, -0.2) is 9.67 Å². The number of aromatic amines is 1. The summed E-state index contributed by atoms with van der Waals surface area (Å²) >= 11 is 1.20. The number of aliphatic hydroxyl groups is 1. The summed E-state index contributed by atoms with van der Waals surface area (Å²) in [6, 6.07) is 9.50. The number of rotatable bonds is 6. The number of fused-ring (bicyclic) bond motifs is 1. The molecule has 4 rings (SSSR count). The van der Waals surface area contributed by atoms with Crippen molar-refractivity contribution in [2.24, 2.45) is 0 Å². The van der Waals surface area contributed by atoms with Gasteiger partial charge in [-0.3, -0.25) is 4.79 Å². The number of aromatic nitrogens is 7. The number of aliphatic hydroxyl groups excluding tert-OH is 1. The number of nitrogens with one attached hydrogen (secondary N) is 1. The third-order valence-corrected chi connectivity index (χ3v) is 4.86. The molecule has 2 N–H and O–H groups in total. The van der Waals surface area contributed by atoms with Crippen molar-refractivity contribution in [1.29, 1.82) is 0 Å². The number of para-hydroxylation sites is 1. The van der Waals surface area contributed by atoms with Gasteiger partial charge in [0.15, 0.2) is 21.8 Å². The lowest BCUT2D eigenvalue weighted by Gasteiger charge is -2.07. The molecule has 0 aliphatic carbocycles. The zero-order valence-corrected chi connectivity index (χ0v) is 15.3. The highest BCUT2D eigenvalue weighted by Crippen LogP contribution is 2.25. The van der Waals surface area contributed by atoms with E-state index in [0.717, 1.165) is 12.1 Å². The van der Waals surface area contributed by atoms with Gasteiger partial charge in [-0.05, 0) is 30.3 Å². The van der Waals surface area contributed by atoms with E-state index >= 15 is 0 Å². The van der Waals surface area contributed by atoms with Gasteiger partial charge < -0.3 is 14.7 Å². The van der Waals surface area contributed by atoms with Crippen LogP contribution in [0.25, 0.3) is 16.7 Å². The van der Waals surface area contributed by atoms with E-state index in [9.17, 15) is 9.90 Å². The zero-order valence-electron chi connectivity index (χ0n) is 14.5. The van der Waals surface area contributed by atoms with Crippen molar-refractivity contribution in [3.8, 4) is 5.69 Å². The van der Waals surface area contributed by atoms with Gasteiger partial charge in [-0.1, -0.05) is 25.1 Å². The number of nitrogens with zero attached hydrogens (tertiary/aromatic N) is 6. The molecule has 0 aliphatic heterocycles. The molecule has 0 aliphatic rings. The molecule has 0 bridgehead atoms. The predicted molar refractivity (Wildman–Crippen MR) is 99.8 cm³/mol. The standard InChI is InChI=1S/C17H17N7O2S/c1-2-8-23-13(10-25)21-22-17(23)27-16-19-14-12(15(26)20-16)9-18-24(14)11-6-4-3-5-7-11/h3-7,9,25H,2,8,10H2,1H3,(H,19,20,26). The maximum Gasteiger partial charge on any atom is 0.262 e. The molecular formula is C17H17N7O2S. The minimum Gasteiger partial charge on any atom is -0.388 e. The minimum absolute atomic E-state index is 0.197. The third-order valence-electron chi connectivity index (χ3n) is 3.99. The van der Waals surface area contributed by atoms with Crippen LogP contribution in [-0.4, -0.2) is 39.6 Å². The molecule has 9 nitrogen and oxygen atoms in total. The van der Waals surface area contributed by atoms with Crippen molar-refractivity contribution in [3.63, 3.8) is 0 Å². The lowest BCUT2D eigenvalue weighted by Crippen LogP contribution is -2.10. The Morgan fingerprint density at radius 1 is 1.22 bits per heavy atom. The first-order valence-electron chi connectivity index (χ1n) is 8.45. The number of H-pyrrole nitrogens is 1. The van der Waals surface area contributed by atoms with E-state index in [1.807, 2.05) is 41.8 Å². The maximum absolute atomic E-state index is 12.5. The van der Waals surface area contributed by atoms with E-state index in [2.05, 4.69) is 25.3 Å². The van der Waals surface area contributed by atoms with Gasteiger partial charge in [0, 0.05) is 6.54 Å². The van der Waals surface area contributed by atoms with E-state index < -0.39 is 0 Å². The normalized spacial score (nSPS) is 11.3. The summed E-state index contributed by atoms with van der Waals surface area (Å²) in [7, 11) is 0. The maximum atomic E-state index is 12.5. The number of hydrogen-bond donors (Lipinski definition) is 2. The molecule has 0 fully saturated rings. The molecule has 0 radical (unpaired) electrons. The first kappa shape index (κ1) is 17.4. The van der Waals surface area contributed by atoms with Crippen LogP contribution in [0.3, 0.4) is 0 Å². The van der Waals surface area contributed by atoms with Crippen LogP contribution in [-0.2, 0) is 13.2 Å². The Labute approximate surface area is 158 Å². The molecule has 0 amide bonds. The van der Waals surface area contributed by atoms with Crippen molar-refractivity contribution in [2.45, 2.75) is 36.8 Å². The van der Waals surface area contributed by atoms with Crippen LogP contribution in [0.1, 0.15) is 19.2 Å². The van der Waals surface area contributed by atoms with Gasteiger partial charge in [-0.15, -0.1) is 10.2 Å². The third kappa shape index (κ3) is 3.24. The SMILES string of the molecule is CCCn1c(CO)nnc1Sc1nc2c(cnn2-c2ccccc2)c(=O)[nH]1. The zero-order chi connectivity index (χ0) is 18.8. The highest BCUT2D eigenvalue weighted by atomic mass is 32.2. The summed E-state index contributed by atoms with van der Waals surface area (Å²) in [5.74, 6) is 0.483. The van der Waals surface area contributed by atoms with E-state index in [4.69, 9.17) is 0 Å². The fourth-order valence-electron chi connectivity index (χ4n) is 2.75. The molecule has 10 heteroatoms. The molecule has 27 heavy (non-hydrogen) atoms. The van der Waals surface area contributed by atoms with E-state index in [0.29, 0.717) is 33.7 Å². The average molecular weight is 383 g/mol. The molecule has 3 aromatic heterocycles. The second-order valence-electron chi connectivity index (χ2n) is 5.81. The van der Waals surface area contributed by atoms with Crippen molar-refractivity contribution in [2.75, 3.05) is 0 Å². The van der Waals surface area contributed by atoms with Crippen LogP contribution in [0.5, 0.6) is 0 Å². The molecule has 1 aromatic carbocycles. The monoisotopic (exact) mass is 383 g/mol. The quantitative estimate of drug-likeness (QED) is 0.488. The molecule has 0 saturated carbocycles. The molecule has 0 saturated heterocycles. The van der Waals surface area contributed by atoms with Crippen LogP contribution in [0.4, 0.5) is 0 Å². The molecule has 0 unspecified atom stereocenters. The second-order valence-corrected chi connectivity index (χ2v) is 6.77. The van der Waals surface area contributed by atoms with Crippen LogP contribution in [0.15, 0.2) is 51.6 Å². The lowest BCUT2D eigenvalue weighted by molar-refractivity contribution is 0.263. The first-order valence-corrected chi connectivity index (χ1v) is 9.27. The van der Waals surface area contributed by atoms with Crippen LogP contribution < -0.4 is 5.56 Å². The molecule has 3 heterocycles. The smallest absolute Gasteiger partial charge is 0.262 e. The van der Waals surface area contributed by atoms with Crippen LogP contribution in [0, 0.1) is 0 Å². The van der Waals surface area contributed by atoms with Crippen molar-refractivity contribution in [3.05, 3.63) is 52.7 Å². The Morgan fingerprint density at radius 3 is 2.78 bits per heavy atom. The first-order chi connectivity index (χ1) is 13.2. The highest BCUT2D eigenvalue weighted by Gasteiger charge is 2.16. The van der Waals surface area contributed by atoms with Crippen molar-refractivity contribution in [1.82, 2.24) is 34.5 Å². The van der Waals surface area contributed by atoms with Crippen LogP contribution in [0.2, 0.25) is 0 Å². The molecule has 138 valence electrons. The molecule has 0 spiro atoms. The summed E-state index contributed by atoms with van der Waals surface area (Å²) in [5, 5.41) is 23.2. The number of hydrogen-bond acceptors (Lipinski definition) is 7. The molecular weight excluding hydrogens is 366 g/mol. The van der Waals surface area contributed by atoms with Crippen molar-refractivity contribution < 1.29 is 5.11 Å². The Hall–Kier alpha value is -2.98. The van der Waals surface area contributed by atoms with Gasteiger partial charge in [0.1, 0.15) is 12.0 Å². The minimum atomic E-state index is -0.270. The van der Waals surface area contributed by atoms with Gasteiger partial charge >= 0.3 is 0 Å². The van der Waals surface area contributed by atoms with E-state index in [1.54, 1.807) is 4.68 Å². The largest absolute Gasteiger partial charge is 0.388 e. The summed E-state index contributed by atoms with van der Waals surface area (Å²) in [6.45, 7) is 2.50. The average Bonchev–Trinajstić information content (AvgIpc) is 3.27. The highest BCUT2D eigenvalue weighted by molar-refractivity contribution is 7.99. The second kappa shape index (κ2) is 7.33. The van der Waals surface area contributed by atoms with Gasteiger partial charge in [-0.2, -0.15) is 5.10 Å². The Balaban J connectivity index is 1.78. The van der Waals surface area contributed by atoms with E-state index in [-0.39, 0.29) is 12.2 Å². The topological polar surface area (TPSA) is 115 Å². The summed E-state index contributed by atoms with van der Waals surface area (Å²) in [5.41, 5.74) is 1.02.